The van der Waals surface area contributed by atoms with E-state index in [1.165, 1.54) is 16.3 Å². The second-order valence-corrected chi connectivity index (χ2v) is 6.10. The Morgan fingerprint density at radius 2 is 1.59 bits per heavy atom. The van der Waals surface area contributed by atoms with Crippen LogP contribution in [0, 0.1) is 0 Å². The molecule has 0 bridgehead atoms. The molecule has 1 aliphatic heterocycles. The first-order valence-corrected chi connectivity index (χ1v) is 7.61. The van der Waals surface area contributed by atoms with Gasteiger partial charge in [-0.05, 0) is 35.4 Å². The minimum absolute atomic E-state index is 0.349. The van der Waals surface area contributed by atoms with Crippen molar-refractivity contribution in [1.29, 1.82) is 0 Å². The van der Waals surface area contributed by atoms with E-state index in [4.69, 9.17) is 9.47 Å². The quantitative estimate of drug-likeness (QED) is 0.686. The van der Waals surface area contributed by atoms with E-state index in [1.54, 1.807) is 0 Å². The van der Waals surface area contributed by atoms with Crippen LogP contribution in [-0.4, -0.2) is 12.2 Å². The fraction of sp³-hybridized carbons (Fsp3) is 0.200. The van der Waals surface area contributed by atoms with Crippen molar-refractivity contribution in [3.05, 3.63) is 72.3 Å². The Labute approximate surface area is 130 Å². The first-order valence-electron chi connectivity index (χ1n) is 7.61. The van der Waals surface area contributed by atoms with Gasteiger partial charge in [0.25, 0.3) is 0 Å². The van der Waals surface area contributed by atoms with E-state index in [9.17, 15) is 0 Å². The molecule has 0 saturated heterocycles. The monoisotopic (exact) mass is 290 g/mol. The summed E-state index contributed by atoms with van der Waals surface area (Å²) in [6.07, 6.45) is 0.822. The van der Waals surface area contributed by atoms with Crippen molar-refractivity contribution in [3.63, 3.8) is 0 Å². The average Bonchev–Trinajstić information content (AvgIpc) is 2.55. The summed E-state index contributed by atoms with van der Waals surface area (Å²) in [5.41, 5.74) is 0.946. The molecule has 0 unspecified atom stereocenters. The molecule has 0 N–H and O–H groups in total. The van der Waals surface area contributed by atoms with Crippen LogP contribution in [0.5, 0.6) is 11.5 Å². The second kappa shape index (κ2) is 5.06. The molecular weight excluding hydrogens is 272 g/mol. The maximum absolute atomic E-state index is 6.25. The number of fused-ring (bicyclic) bond motifs is 2. The Hall–Kier alpha value is -2.48. The van der Waals surface area contributed by atoms with Crippen LogP contribution in [0.1, 0.15) is 12.5 Å². The fourth-order valence-electron chi connectivity index (χ4n) is 3.12. The van der Waals surface area contributed by atoms with Gasteiger partial charge in [-0.25, -0.2) is 0 Å². The van der Waals surface area contributed by atoms with Crippen LogP contribution >= 0.6 is 0 Å². The zero-order valence-electron chi connectivity index (χ0n) is 12.6. The average molecular weight is 290 g/mol. The summed E-state index contributed by atoms with van der Waals surface area (Å²) in [7, 11) is 0. The Morgan fingerprint density at radius 3 is 2.50 bits per heavy atom. The number of para-hydroxylation sites is 2. The third kappa shape index (κ3) is 2.31. The molecule has 0 fully saturated rings. The van der Waals surface area contributed by atoms with E-state index >= 15 is 0 Å². The Morgan fingerprint density at radius 1 is 0.864 bits per heavy atom. The lowest BCUT2D eigenvalue weighted by molar-refractivity contribution is 0.00681. The van der Waals surface area contributed by atoms with Gasteiger partial charge in [-0.2, -0.15) is 0 Å². The highest BCUT2D eigenvalue weighted by Gasteiger charge is 2.33. The molecule has 3 aromatic carbocycles. The van der Waals surface area contributed by atoms with Gasteiger partial charge in [0.05, 0.1) is 0 Å². The molecule has 3 aromatic rings. The normalized spacial score (nSPS) is 20.0. The van der Waals surface area contributed by atoms with Gasteiger partial charge >= 0.3 is 0 Å². The predicted molar refractivity (Wildman–Crippen MR) is 88.6 cm³/mol. The van der Waals surface area contributed by atoms with Crippen molar-refractivity contribution in [2.75, 3.05) is 6.61 Å². The van der Waals surface area contributed by atoms with Gasteiger partial charge in [-0.1, -0.05) is 54.6 Å². The molecule has 1 aliphatic rings. The topological polar surface area (TPSA) is 18.5 Å². The highest BCUT2D eigenvalue weighted by atomic mass is 16.6. The molecule has 0 aromatic heterocycles. The SMILES string of the molecule is C[C@]1(Cc2cccc3ccccc23)COc2ccccc2O1. The molecule has 4 rings (SSSR count). The molecule has 22 heavy (non-hydrogen) atoms. The molecule has 0 spiro atoms. The summed E-state index contributed by atoms with van der Waals surface area (Å²) in [6.45, 7) is 2.68. The number of hydrogen-bond acceptors (Lipinski definition) is 2. The van der Waals surface area contributed by atoms with E-state index < -0.39 is 0 Å². The molecule has 2 nitrogen and oxygen atoms in total. The smallest absolute Gasteiger partial charge is 0.162 e. The Kier molecular flexibility index (Phi) is 3.04. The van der Waals surface area contributed by atoms with Crippen molar-refractivity contribution in [2.45, 2.75) is 18.9 Å². The van der Waals surface area contributed by atoms with Crippen molar-refractivity contribution in [3.8, 4) is 11.5 Å². The molecule has 1 atom stereocenters. The highest BCUT2D eigenvalue weighted by Crippen LogP contribution is 2.36. The van der Waals surface area contributed by atoms with Crippen molar-refractivity contribution in [2.24, 2.45) is 0 Å². The lowest BCUT2D eigenvalue weighted by Crippen LogP contribution is -2.44. The lowest BCUT2D eigenvalue weighted by Gasteiger charge is -2.36. The van der Waals surface area contributed by atoms with Gasteiger partial charge in [-0.15, -0.1) is 0 Å². The van der Waals surface area contributed by atoms with Crippen LogP contribution in [0.2, 0.25) is 0 Å². The van der Waals surface area contributed by atoms with Gasteiger partial charge in [-0.3, -0.25) is 0 Å². The van der Waals surface area contributed by atoms with Crippen molar-refractivity contribution < 1.29 is 9.47 Å². The maximum Gasteiger partial charge on any atom is 0.162 e. The minimum atomic E-state index is -0.349. The van der Waals surface area contributed by atoms with E-state index in [1.807, 2.05) is 24.3 Å². The standard InChI is InChI=1S/C20H18O2/c1-20(14-21-18-11-4-5-12-19(18)22-20)13-16-9-6-8-15-7-2-3-10-17(15)16/h2-12H,13-14H2,1H3/t20-/m0/s1. The first kappa shape index (κ1) is 13.2. The van der Waals surface area contributed by atoms with Gasteiger partial charge < -0.3 is 9.47 Å². The summed E-state index contributed by atoms with van der Waals surface area (Å²) < 4.78 is 12.1. The fourth-order valence-corrected chi connectivity index (χ4v) is 3.12. The van der Waals surface area contributed by atoms with Gasteiger partial charge in [0, 0.05) is 6.42 Å². The molecular formula is C20H18O2. The molecule has 0 amide bonds. The molecule has 1 heterocycles. The van der Waals surface area contributed by atoms with Crippen LogP contribution in [0.15, 0.2) is 66.7 Å². The summed E-state index contributed by atoms with van der Waals surface area (Å²) in [5, 5.41) is 2.55. The zero-order chi connectivity index (χ0) is 15.0. The van der Waals surface area contributed by atoms with E-state index in [2.05, 4.69) is 49.4 Å². The second-order valence-electron chi connectivity index (χ2n) is 6.10. The van der Waals surface area contributed by atoms with Crippen LogP contribution in [-0.2, 0) is 6.42 Å². The lowest BCUT2D eigenvalue weighted by atomic mass is 9.92. The third-order valence-electron chi connectivity index (χ3n) is 4.18. The number of ether oxygens (including phenoxy) is 2. The minimum Gasteiger partial charge on any atom is -0.486 e. The van der Waals surface area contributed by atoms with Crippen molar-refractivity contribution >= 4 is 10.8 Å². The highest BCUT2D eigenvalue weighted by molar-refractivity contribution is 5.85. The van der Waals surface area contributed by atoms with Gasteiger partial charge in [0.1, 0.15) is 12.2 Å². The van der Waals surface area contributed by atoms with E-state index in [-0.39, 0.29) is 5.60 Å². The third-order valence-corrected chi connectivity index (χ3v) is 4.18. The van der Waals surface area contributed by atoms with Crippen LogP contribution in [0.3, 0.4) is 0 Å². The molecule has 0 aliphatic carbocycles. The van der Waals surface area contributed by atoms with E-state index in [0.717, 1.165) is 17.9 Å². The number of rotatable bonds is 2. The largest absolute Gasteiger partial charge is 0.486 e. The van der Waals surface area contributed by atoms with Gasteiger partial charge in [0.15, 0.2) is 11.5 Å². The number of benzene rings is 3. The summed E-state index contributed by atoms with van der Waals surface area (Å²) >= 11 is 0. The summed E-state index contributed by atoms with van der Waals surface area (Å²) in [6, 6.07) is 22.8. The first-order chi connectivity index (χ1) is 10.7. The van der Waals surface area contributed by atoms with Crippen molar-refractivity contribution in [1.82, 2.24) is 0 Å². The number of hydrogen-bond donors (Lipinski definition) is 0. The predicted octanol–water partition coefficient (Wildman–Crippen LogP) is 4.61. The van der Waals surface area contributed by atoms with Crippen LogP contribution in [0.25, 0.3) is 10.8 Å². The molecule has 0 saturated carbocycles. The zero-order valence-corrected chi connectivity index (χ0v) is 12.6. The van der Waals surface area contributed by atoms with E-state index in [0.29, 0.717) is 6.61 Å². The van der Waals surface area contributed by atoms with Crippen LogP contribution in [0.4, 0.5) is 0 Å². The molecule has 0 radical (unpaired) electrons. The van der Waals surface area contributed by atoms with Gasteiger partial charge in [0.2, 0.25) is 0 Å². The van der Waals surface area contributed by atoms with Crippen LogP contribution < -0.4 is 9.47 Å². The summed E-state index contributed by atoms with van der Waals surface area (Å²) in [4.78, 5) is 0. The molecule has 110 valence electrons. The maximum atomic E-state index is 6.25. The Bertz CT molecular complexity index is 819. The summed E-state index contributed by atoms with van der Waals surface area (Å²) in [5.74, 6) is 1.66. The molecule has 2 heteroatoms. The Balaban J connectivity index is 1.68.